The van der Waals surface area contributed by atoms with Crippen LogP contribution in [0.2, 0.25) is 0 Å². The molecule has 0 aliphatic heterocycles. The van der Waals surface area contributed by atoms with Gasteiger partial charge in [-0.1, -0.05) is 19.3 Å². The van der Waals surface area contributed by atoms with Gasteiger partial charge < -0.3 is 10.5 Å². The van der Waals surface area contributed by atoms with Gasteiger partial charge >= 0.3 is 0 Å². The monoisotopic (exact) mass is 223 g/mol. The molecule has 88 valence electrons. The highest BCUT2D eigenvalue weighted by atomic mass is 19.1. The highest BCUT2D eigenvalue weighted by Crippen LogP contribution is 2.30. The Morgan fingerprint density at radius 2 is 2.19 bits per heavy atom. The third-order valence-electron chi connectivity index (χ3n) is 3.30. The lowest BCUT2D eigenvalue weighted by atomic mass is 9.83. The Morgan fingerprint density at radius 3 is 2.81 bits per heavy atom. The Morgan fingerprint density at radius 1 is 1.44 bits per heavy atom. The van der Waals surface area contributed by atoms with Crippen molar-refractivity contribution >= 4 is 5.69 Å². The standard InChI is InChI=1S/C13H18FNO/c1-9-7-13(12(15)8-11(9)14)16-6-5-10-3-2-4-10/h7-8,10H,2-6,15H2,1H3. The van der Waals surface area contributed by atoms with E-state index in [0.717, 1.165) is 12.3 Å². The minimum Gasteiger partial charge on any atom is -0.491 e. The minimum atomic E-state index is -0.274. The second kappa shape index (κ2) is 4.73. The zero-order valence-corrected chi connectivity index (χ0v) is 9.63. The summed E-state index contributed by atoms with van der Waals surface area (Å²) in [5.74, 6) is 1.16. The van der Waals surface area contributed by atoms with E-state index in [1.165, 1.54) is 25.3 Å². The smallest absolute Gasteiger partial charge is 0.142 e. The van der Waals surface area contributed by atoms with Gasteiger partial charge in [-0.15, -0.1) is 0 Å². The van der Waals surface area contributed by atoms with Gasteiger partial charge in [0.05, 0.1) is 12.3 Å². The first-order chi connectivity index (χ1) is 7.66. The normalized spacial score (nSPS) is 15.9. The molecule has 0 spiro atoms. The minimum absolute atomic E-state index is 0.274. The number of benzene rings is 1. The van der Waals surface area contributed by atoms with Crippen LogP contribution >= 0.6 is 0 Å². The van der Waals surface area contributed by atoms with Crippen LogP contribution in [0.5, 0.6) is 5.75 Å². The fourth-order valence-corrected chi connectivity index (χ4v) is 1.91. The lowest BCUT2D eigenvalue weighted by Gasteiger charge is -2.25. The molecule has 1 aliphatic rings. The Kier molecular flexibility index (Phi) is 3.32. The summed E-state index contributed by atoms with van der Waals surface area (Å²) < 4.78 is 18.7. The van der Waals surface area contributed by atoms with Gasteiger partial charge in [0, 0.05) is 6.07 Å². The van der Waals surface area contributed by atoms with Gasteiger partial charge in [-0.05, 0) is 30.9 Å². The van der Waals surface area contributed by atoms with E-state index < -0.39 is 0 Å². The van der Waals surface area contributed by atoms with Gasteiger partial charge in [0.2, 0.25) is 0 Å². The first-order valence-corrected chi connectivity index (χ1v) is 5.85. The van der Waals surface area contributed by atoms with Crippen molar-refractivity contribution in [2.75, 3.05) is 12.3 Å². The molecule has 0 atom stereocenters. The molecule has 2 nitrogen and oxygen atoms in total. The predicted octanol–water partition coefficient (Wildman–Crippen LogP) is 3.29. The maximum absolute atomic E-state index is 13.1. The van der Waals surface area contributed by atoms with Crippen LogP contribution in [0.3, 0.4) is 0 Å². The van der Waals surface area contributed by atoms with Crippen molar-refractivity contribution in [1.29, 1.82) is 0 Å². The van der Waals surface area contributed by atoms with Gasteiger partial charge in [-0.2, -0.15) is 0 Å². The number of halogens is 1. The molecule has 2 N–H and O–H groups in total. The van der Waals surface area contributed by atoms with E-state index in [4.69, 9.17) is 10.5 Å². The number of ether oxygens (including phenoxy) is 1. The first-order valence-electron chi connectivity index (χ1n) is 5.85. The summed E-state index contributed by atoms with van der Waals surface area (Å²) in [5.41, 5.74) is 6.65. The van der Waals surface area contributed by atoms with Crippen molar-refractivity contribution in [2.24, 2.45) is 5.92 Å². The molecule has 1 aromatic rings. The first kappa shape index (κ1) is 11.2. The van der Waals surface area contributed by atoms with Crippen molar-refractivity contribution in [1.82, 2.24) is 0 Å². The molecule has 0 heterocycles. The maximum atomic E-state index is 13.1. The number of rotatable bonds is 4. The van der Waals surface area contributed by atoms with Crippen LogP contribution in [0.25, 0.3) is 0 Å². The third kappa shape index (κ3) is 2.46. The zero-order chi connectivity index (χ0) is 11.5. The zero-order valence-electron chi connectivity index (χ0n) is 9.63. The number of aryl methyl sites for hydroxylation is 1. The molecule has 16 heavy (non-hydrogen) atoms. The molecular formula is C13H18FNO. The quantitative estimate of drug-likeness (QED) is 0.795. The lowest BCUT2D eigenvalue weighted by molar-refractivity contribution is 0.222. The van der Waals surface area contributed by atoms with E-state index in [1.807, 2.05) is 0 Å². The summed E-state index contributed by atoms with van der Waals surface area (Å²) in [6.45, 7) is 2.40. The number of anilines is 1. The van der Waals surface area contributed by atoms with Gasteiger partial charge in [0.15, 0.2) is 0 Å². The second-order valence-electron chi connectivity index (χ2n) is 4.57. The second-order valence-corrected chi connectivity index (χ2v) is 4.57. The van der Waals surface area contributed by atoms with E-state index in [-0.39, 0.29) is 5.82 Å². The van der Waals surface area contributed by atoms with Crippen LogP contribution in [-0.2, 0) is 0 Å². The Balaban J connectivity index is 1.90. The van der Waals surface area contributed by atoms with E-state index in [2.05, 4.69) is 0 Å². The SMILES string of the molecule is Cc1cc(OCCC2CCC2)c(N)cc1F. The van der Waals surface area contributed by atoms with Crippen LogP contribution in [-0.4, -0.2) is 6.61 Å². The topological polar surface area (TPSA) is 35.2 Å². The van der Waals surface area contributed by atoms with Gasteiger partial charge in [0.1, 0.15) is 11.6 Å². The summed E-state index contributed by atoms with van der Waals surface area (Å²) in [5, 5.41) is 0. The van der Waals surface area contributed by atoms with Gasteiger partial charge in [-0.25, -0.2) is 4.39 Å². The number of nitrogen functional groups attached to an aromatic ring is 1. The lowest BCUT2D eigenvalue weighted by Crippen LogP contribution is -2.14. The van der Waals surface area contributed by atoms with Crippen molar-refractivity contribution in [3.63, 3.8) is 0 Å². The molecule has 2 rings (SSSR count). The van der Waals surface area contributed by atoms with Crippen molar-refractivity contribution in [2.45, 2.75) is 32.6 Å². The third-order valence-corrected chi connectivity index (χ3v) is 3.30. The molecule has 0 radical (unpaired) electrons. The Labute approximate surface area is 95.6 Å². The fourth-order valence-electron chi connectivity index (χ4n) is 1.91. The van der Waals surface area contributed by atoms with Crippen LogP contribution < -0.4 is 10.5 Å². The van der Waals surface area contributed by atoms with E-state index in [0.29, 0.717) is 23.6 Å². The maximum Gasteiger partial charge on any atom is 0.142 e. The molecule has 0 amide bonds. The van der Waals surface area contributed by atoms with Crippen molar-refractivity contribution in [3.8, 4) is 5.75 Å². The van der Waals surface area contributed by atoms with Gasteiger partial charge in [0.25, 0.3) is 0 Å². The molecule has 1 fully saturated rings. The van der Waals surface area contributed by atoms with Crippen molar-refractivity contribution < 1.29 is 9.13 Å². The van der Waals surface area contributed by atoms with Crippen LogP contribution in [0.15, 0.2) is 12.1 Å². The van der Waals surface area contributed by atoms with E-state index in [9.17, 15) is 4.39 Å². The molecular weight excluding hydrogens is 205 g/mol. The highest BCUT2D eigenvalue weighted by molar-refractivity contribution is 5.54. The molecule has 0 aromatic heterocycles. The average molecular weight is 223 g/mol. The number of nitrogens with two attached hydrogens (primary N) is 1. The summed E-state index contributed by atoms with van der Waals surface area (Å²) in [7, 11) is 0. The Hall–Kier alpha value is -1.25. The van der Waals surface area contributed by atoms with Gasteiger partial charge in [-0.3, -0.25) is 0 Å². The molecule has 3 heteroatoms. The molecule has 1 saturated carbocycles. The average Bonchev–Trinajstić information content (AvgIpc) is 2.17. The molecule has 1 aliphatic carbocycles. The Bertz CT molecular complexity index is 374. The largest absolute Gasteiger partial charge is 0.491 e. The van der Waals surface area contributed by atoms with E-state index >= 15 is 0 Å². The number of hydrogen-bond donors (Lipinski definition) is 1. The number of hydrogen-bond acceptors (Lipinski definition) is 2. The van der Waals surface area contributed by atoms with Crippen LogP contribution in [0.1, 0.15) is 31.2 Å². The molecule has 1 aromatic carbocycles. The predicted molar refractivity (Wildman–Crippen MR) is 63.0 cm³/mol. The molecule has 0 saturated heterocycles. The molecule has 0 bridgehead atoms. The molecule has 0 unspecified atom stereocenters. The van der Waals surface area contributed by atoms with Crippen molar-refractivity contribution in [3.05, 3.63) is 23.5 Å². The summed E-state index contributed by atoms with van der Waals surface area (Å²) in [4.78, 5) is 0. The summed E-state index contributed by atoms with van der Waals surface area (Å²) in [6, 6.07) is 3.00. The summed E-state index contributed by atoms with van der Waals surface area (Å²) >= 11 is 0. The van der Waals surface area contributed by atoms with E-state index in [1.54, 1.807) is 13.0 Å². The summed E-state index contributed by atoms with van der Waals surface area (Å²) in [6.07, 6.45) is 5.07. The van der Waals surface area contributed by atoms with Crippen LogP contribution in [0, 0.1) is 18.7 Å². The highest BCUT2D eigenvalue weighted by Gasteiger charge is 2.17. The fraction of sp³-hybridized carbons (Fsp3) is 0.538. The van der Waals surface area contributed by atoms with Crippen LogP contribution in [0.4, 0.5) is 10.1 Å².